The topological polar surface area (TPSA) is 99.7 Å². The molecule has 1 aromatic heterocycles. The highest BCUT2D eigenvalue weighted by Gasteiger charge is 2.30. The first-order valence-corrected chi connectivity index (χ1v) is 9.84. The zero-order valence-electron chi connectivity index (χ0n) is 16.8. The Morgan fingerprint density at radius 2 is 2.13 bits per heavy atom. The number of ether oxygens (including phenoxy) is 2. The maximum absolute atomic E-state index is 14.9. The molecule has 3 heterocycles. The lowest BCUT2D eigenvalue weighted by Crippen LogP contribution is -2.28. The fourth-order valence-electron chi connectivity index (χ4n) is 4.04. The zero-order chi connectivity index (χ0) is 21.5. The Morgan fingerprint density at radius 3 is 2.94 bits per heavy atom. The number of halogens is 1. The van der Waals surface area contributed by atoms with Crippen molar-refractivity contribution in [3.05, 3.63) is 65.1 Å². The number of nitrogens with two attached hydrogens (primary N) is 1. The molecule has 1 atom stereocenters. The summed E-state index contributed by atoms with van der Waals surface area (Å²) in [4.78, 5) is 24.6. The predicted octanol–water partition coefficient (Wildman–Crippen LogP) is 3.53. The van der Waals surface area contributed by atoms with Crippen LogP contribution >= 0.6 is 0 Å². The molecule has 0 bridgehead atoms. The van der Waals surface area contributed by atoms with Crippen molar-refractivity contribution in [3.8, 4) is 17.0 Å². The summed E-state index contributed by atoms with van der Waals surface area (Å²) in [5.41, 5.74) is 10.2. The van der Waals surface area contributed by atoms with Crippen LogP contribution in [0.25, 0.3) is 11.3 Å². The monoisotopic (exact) mass is 418 g/mol. The van der Waals surface area contributed by atoms with Crippen LogP contribution in [0.5, 0.6) is 5.75 Å². The van der Waals surface area contributed by atoms with Crippen molar-refractivity contribution >= 4 is 23.3 Å². The normalized spacial score (nSPS) is 16.7. The van der Waals surface area contributed by atoms with Gasteiger partial charge in [-0.2, -0.15) is 0 Å². The molecule has 2 aliphatic heterocycles. The Bertz CT molecular complexity index is 1240. The first kappa shape index (κ1) is 19.2. The second-order valence-corrected chi connectivity index (χ2v) is 7.56. The number of rotatable bonds is 3. The van der Waals surface area contributed by atoms with Gasteiger partial charge < -0.3 is 15.2 Å². The molecular weight excluding hydrogens is 399 g/mol. The molecule has 5 rings (SSSR count). The SMILES string of the molecule is COC(=O)c1ccc2c(c1)CC(C1=Nc3cc(-c4ccnc(N)n4)cc(F)c3C1)CO2. The molecule has 1 unspecified atom stereocenters. The minimum Gasteiger partial charge on any atom is -0.493 e. The second kappa shape index (κ2) is 7.46. The molecule has 0 aliphatic carbocycles. The quantitative estimate of drug-likeness (QED) is 0.653. The molecule has 3 aromatic rings. The van der Waals surface area contributed by atoms with Crippen molar-refractivity contribution in [2.75, 3.05) is 19.5 Å². The second-order valence-electron chi connectivity index (χ2n) is 7.56. The Morgan fingerprint density at radius 1 is 1.26 bits per heavy atom. The maximum atomic E-state index is 14.9. The first-order valence-electron chi connectivity index (χ1n) is 9.84. The molecule has 0 fully saturated rings. The minimum absolute atomic E-state index is 0.00894. The lowest BCUT2D eigenvalue weighted by molar-refractivity contribution is 0.0600. The van der Waals surface area contributed by atoms with E-state index in [9.17, 15) is 9.18 Å². The number of hydrogen-bond acceptors (Lipinski definition) is 7. The van der Waals surface area contributed by atoms with Gasteiger partial charge in [0.15, 0.2) is 0 Å². The van der Waals surface area contributed by atoms with Crippen LogP contribution in [0.3, 0.4) is 0 Å². The van der Waals surface area contributed by atoms with Gasteiger partial charge in [0.25, 0.3) is 0 Å². The van der Waals surface area contributed by atoms with E-state index < -0.39 is 5.97 Å². The van der Waals surface area contributed by atoms with E-state index in [4.69, 9.17) is 20.2 Å². The summed E-state index contributed by atoms with van der Waals surface area (Å²) in [5, 5.41) is 0. The molecule has 2 N–H and O–H groups in total. The highest BCUT2D eigenvalue weighted by atomic mass is 19.1. The number of carbonyl (C=O) groups excluding carboxylic acids is 1. The van der Waals surface area contributed by atoms with E-state index in [0.717, 1.165) is 17.0 Å². The van der Waals surface area contributed by atoms with E-state index in [1.807, 2.05) is 6.07 Å². The smallest absolute Gasteiger partial charge is 0.337 e. The third-order valence-electron chi connectivity index (χ3n) is 5.62. The minimum atomic E-state index is -0.393. The van der Waals surface area contributed by atoms with E-state index in [1.54, 1.807) is 24.3 Å². The van der Waals surface area contributed by atoms with Gasteiger partial charge in [0, 0.05) is 35.4 Å². The van der Waals surface area contributed by atoms with Gasteiger partial charge in [-0.05, 0) is 48.4 Å². The Balaban J connectivity index is 1.43. The average Bonchev–Trinajstić information content (AvgIpc) is 3.23. The van der Waals surface area contributed by atoms with Gasteiger partial charge in [-0.15, -0.1) is 0 Å². The fraction of sp³-hybridized carbons (Fsp3) is 0.217. The largest absolute Gasteiger partial charge is 0.493 e. The van der Waals surface area contributed by atoms with Crippen LogP contribution in [0.1, 0.15) is 21.5 Å². The number of methoxy groups -OCH3 is 1. The van der Waals surface area contributed by atoms with Crippen molar-refractivity contribution in [1.82, 2.24) is 9.97 Å². The number of nitrogen functional groups attached to an aromatic ring is 1. The molecule has 7 nitrogen and oxygen atoms in total. The summed E-state index contributed by atoms with van der Waals surface area (Å²) in [6.07, 6.45) is 2.62. The van der Waals surface area contributed by atoms with Gasteiger partial charge in [0.1, 0.15) is 11.6 Å². The van der Waals surface area contributed by atoms with Crippen molar-refractivity contribution in [3.63, 3.8) is 0 Å². The van der Waals surface area contributed by atoms with Crippen LogP contribution in [-0.2, 0) is 17.6 Å². The summed E-state index contributed by atoms with van der Waals surface area (Å²) in [6.45, 7) is 0.453. The van der Waals surface area contributed by atoms with Crippen LogP contribution in [0, 0.1) is 11.7 Å². The molecule has 2 aromatic carbocycles. The van der Waals surface area contributed by atoms with Crippen LogP contribution in [0.2, 0.25) is 0 Å². The summed E-state index contributed by atoms with van der Waals surface area (Å²) < 4.78 is 25.6. The summed E-state index contributed by atoms with van der Waals surface area (Å²) in [6, 6.07) is 10.2. The van der Waals surface area contributed by atoms with Crippen molar-refractivity contribution in [2.45, 2.75) is 12.8 Å². The number of aromatic nitrogens is 2. The van der Waals surface area contributed by atoms with E-state index >= 15 is 0 Å². The van der Waals surface area contributed by atoms with E-state index in [-0.39, 0.29) is 17.7 Å². The molecule has 0 amide bonds. The number of fused-ring (bicyclic) bond motifs is 2. The van der Waals surface area contributed by atoms with Gasteiger partial charge in [-0.1, -0.05) is 0 Å². The van der Waals surface area contributed by atoms with Gasteiger partial charge in [0.05, 0.1) is 30.7 Å². The van der Waals surface area contributed by atoms with Gasteiger partial charge in [0.2, 0.25) is 5.95 Å². The van der Waals surface area contributed by atoms with Crippen molar-refractivity contribution in [2.24, 2.45) is 10.9 Å². The third-order valence-corrected chi connectivity index (χ3v) is 5.62. The van der Waals surface area contributed by atoms with E-state index in [1.165, 1.54) is 19.4 Å². The highest BCUT2D eigenvalue weighted by molar-refractivity contribution is 5.97. The number of nitrogens with zero attached hydrogens (tertiary/aromatic N) is 3. The Hall–Kier alpha value is -3.81. The van der Waals surface area contributed by atoms with Crippen LogP contribution < -0.4 is 10.5 Å². The molecule has 156 valence electrons. The van der Waals surface area contributed by atoms with E-state index in [2.05, 4.69) is 9.97 Å². The molecule has 0 radical (unpaired) electrons. The Kier molecular flexibility index (Phi) is 4.62. The van der Waals surface area contributed by atoms with Crippen molar-refractivity contribution < 1.29 is 18.7 Å². The molecule has 8 heteroatoms. The summed E-state index contributed by atoms with van der Waals surface area (Å²) in [7, 11) is 1.35. The molecule has 0 saturated heterocycles. The first-order chi connectivity index (χ1) is 15.0. The molecular formula is C23H19FN4O3. The number of anilines is 1. The van der Waals surface area contributed by atoms with Gasteiger partial charge >= 0.3 is 5.97 Å². The number of benzene rings is 2. The van der Waals surface area contributed by atoms with Crippen LogP contribution in [-0.4, -0.2) is 35.4 Å². The zero-order valence-corrected chi connectivity index (χ0v) is 16.8. The average molecular weight is 418 g/mol. The molecule has 31 heavy (non-hydrogen) atoms. The van der Waals surface area contributed by atoms with Gasteiger partial charge in [-0.25, -0.2) is 19.2 Å². The fourth-order valence-corrected chi connectivity index (χ4v) is 4.04. The third kappa shape index (κ3) is 3.50. The summed E-state index contributed by atoms with van der Waals surface area (Å²) >= 11 is 0. The summed E-state index contributed by atoms with van der Waals surface area (Å²) in [5.74, 6) is 0.149. The molecule has 2 aliphatic rings. The van der Waals surface area contributed by atoms with E-state index in [0.29, 0.717) is 47.5 Å². The molecule has 0 saturated carbocycles. The number of hydrogen-bond donors (Lipinski definition) is 1. The lowest BCUT2D eigenvalue weighted by atomic mass is 9.89. The van der Waals surface area contributed by atoms with Crippen LogP contribution in [0.15, 0.2) is 47.6 Å². The Labute approximate surface area is 177 Å². The lowest BCUT2D eigenvalue weighted by Gasteiger charge is -2.25. The van der Waals surface area contributed by atoms with Crippen LogP contribution in [0.4, 0.5) is 16.0 Å². The van der Waals surface area contributed by atoms with Crippen molar-refractivity contribution in [1.29, 1.82) is 0 Å². The van der Waals surface area contributed by atoms with Gasteiger partial charge in [-0.3, -0.25) is 4.99 Å². The predicted molar refractivity (Wildman–Crippen MR) is 113 cm³/mol. The molecule has 0 spiro atoms. The standard InChI is InChI=1S/C23H19FN4O3/c1-30-22(29)12-2-3-21-14(6-12)7-15(11-31-21)19-10-16-17(24)8-13(9-20(16)27-19)18-4-5-26-23(25)28-18/h2-6,8-9,15H,7,10-11H2,1H3,(H2,25,26,28). The number of esters is 1. The number of aliphatic imine (C=N–C) groups is 1. The maximum Gasteiger partial charge on any atom is 0.337 e. The number of carbonyl (C=O) groups is 1. The highest BCUT2D eigenvalue weighted by Crippen LogP contribution is 2.37.